The van der Waals surface area contributed by atoms with Crippen LogP contribution in [0, 0.1) is 5.82 Å². The number of anilines is 2. The fourth-order valence-corrected chi connectivity index (χ4v) is 1.86. The zero-order valence-electron chi connectivity index (χ0n) is 9.64. The quantitative estimate of drug-likeness (QED) is 0.726. The maximum absolute atomic E-state index is 13.2. The highest BCUT2D eigenvalue weighted by molar-refractivity contribution is 6.28. The van der Waals surface area contributed by atoms with Gasteiger partial charge in [0.2, 0.25) is 5.28 Å². The van der Waals surface area contributed by atoms with Crippen LogP contribution in [-0.2, 0) is 0 Å². The highest BCUT2D eigenvalue weighted by Gasteiger charge is 2.04. The van der Waals surface area contributed by atoms with Crippen LogP contribution in [0.25, 0.3) is 10.8 Å². The van der Waals surface area contributed by atoms with Crippen LogP contribution in [0.4, 0.5) is 15.9 Å². The minimum absolute atomic E-state index is 0.179. The third-order valence-electron chi connectivity index (χ3n) is 2.61. The molecular weight excluding hydrogens is 267 g/mol. The van der Waals surface area contributed by atoms with Gasteiger partial charge in [0.05, 0.1) is 18.1 Å². The van der Waals surface area contributed by atoms with Crippen LogP contribution in [0.2, 0.25) is 5.28 Å². The van der Waals surface area contributed by atoms with Crippen LogP contribution in [0.1, 0.15) is 0 Å². The summed E-state index contributed by atoms with van der Waals surface area (Å²) in [6, 6.07) is 6.28. The van der Waals surface area contributed by atoms with Gasteiger partial charge >= 0.3 is 0 Å². The van der Waals surface area contributed by atoms with E-state index in [1.807, 2.05) is 0 Å². The first-order chi connectivity index (χ1) is 9.22. The van der Waals surface area contributed by atoms with Gasteiger partial charge in [0, 0.05) is 11.6 Å². The Morgan fingerprint density at radius 1 is 1.05 bits per heavy atom. The van der Waals surface area contributed by atoms with Crippen LogP contribution in [0.5, 0.6) is 0 Å². The lowest BCUT2D eigenvalue weighted by molar-refractivity contribution is 0.630. The average molecular weight is 275 g/mol. The van der Waals surface area contributed by atoms with Crippen molar-refractivity contribution in [1.82, 2.24) is 15.0 Å². The summed E-state index contributed by atoms with van der Waals surface area (Å²) in [4.78, 5) is 12.0. The Bertz CT molecular complexity index is 730. The molecule has 94 valence electrons. The van der Waals surface area contributed by atoms with Crippen molar-refractivity contribution in [2.75, 3.05) is 5.32 Å². The van der Waals surface area contributed by atoms with E-state index >= 15 is 0 Å². The Hall–Kier alpha value is -2.27. The topological polar surface area (TPSA) is 50.7 Å². The Morgan fingerprint density at radius 2 is 1.84 bits per heavy atom. The molecule has 4 nitrogen and oxygen atoms in total. The van der Waals surface area contributed by atoms with Crippen molar-refractivity contribution >= 4 is 33.9 Å². The minimum atomic E-state index is -0.278. The van der Waals surface area contributed by atoms with Crippen LogP contribution in [0.15, 0.2) is 42.9 Å². The molecule has 0 saturated carbocycles. The second-order valence-corrected chi connectivity index (χ2v) is 4.23. The predicted octanol–water partition coefficient (Wildman–Crippen LogP) is 3.56. The molecule has 0 aliphatic heterocycles. The third kappa shape index (κ3) is 2.46. The first-order valence-electron chi connectivity index (χ1n) is 5.51. The zero-order valence-corrected chi connectivity index (χ0v) is 10.4. The van der Waals surface area contributed by atoms with E-state index in [-0.39, 0.29) is 11.1 Å². The van der Waals surface area contributed by atoms with E-state index in [0.717, 1.165) is 10.8 Å². The molecule has 0 spiro atoms. The first kappa shape index (κ1) is 11.8. The first-order valence-corrected chi connectivity index (χ1v) is 5.89. The minimum Gasteiger partial charge on any atom is -0.337 e. The molecule has 0 aliphatic rings. The SMILES string of the molecule is Fc1ccc2c(Nc3cnc(Cl)nc3)nccc2c1. The maximum atomic E-state index is 13.2. The van der Waals surface area contributed by atoms with Gasteiger partial charge in [-0.15, -0.1) is 0 Å². The fraction of sp³-hybridized carbons (Fsp3) is 0. The zero-order chi connectivity index (χ0) is 13.2. The van der Waals surface area contributed by atoms with Crippen molar-refractivity contribution in [1.29, 1.82) is 0 Å². The molecule has 0 aliphatic carbocycles. The Balaban J connectivity index is 2.03. The molecule has 0 unspecified atom stereocenters. The van der Waals surface area contributed by atoms with Crippen molar-refractivity contribution < 1.29 is 4.39 Å². The highest BCUT2D eigenvalue weighted by Crippen LogP contribution is 2.24. The standard InChI is InChI=1S/C13H8ClFN4/c14-13-17-6-10(7-18-13)19-12-11-2-1-9(15)5-8(11)3-4-16-12/h1-7H,(H,16,19). The van der Waals surface area contributed by atoms with Crippen molar-refractivity contribution in [2.45, 2.75) is 0 Å². The van der Waals surface area contributed by atoms with E-state index in [1.54, 1.807) is 30.7 Å². The van der Waals surface area contributed by atoms with Crippen molar-refractivity contribution in [3.05, 3.63) is 54.0 Å². The lowest BCUT2D eigenvalue weighted by atomic mass is 10.1. The van der Waals surface area contributed by atoms with Crippen molar-refractivity contribution in [2.24, 2.45) is 0 Å². The van der Waals surface area contributed by atoms with E-state index < -0.39 is 0 Å². The molecule has 0 fully saturated rings. The molecule has 0 atom stereocenters. The summed E-state index contributed by atoms with van der Waals surface area (Å²) < 4.78 is 13.2. The number of fused-ring (bicyclic) bond motifs is 1. The number of benzene rings is 1. The van der Waals surface area contributed by atoms with E-state index in [0.29, 0.717) is 11.5 Å². The van der Waals surface area contributed by atoms with Gasteiger partial charge < -0.3 is 5.32 Å². The third-order valence-corrected chi connectivity index (χ3v) is 2.80. The summed E-state index contributed by atoms with van der Waals surface area (Å²) >= 11 is 5.62. The van der Waals surface area contributed by atoms with Crippen LogP contribution in [-0.4, -0.2) is 15.0 Å². The maximum Gasteiger partial charge on any atom is 0.222 e. The number of hydrogen-bond acceptors (Lipinski definition) is 4. The molecule has 2 aromatic heterocycles. The van der Waals surface area contributed by atoms with Crippen LogP contribution < -0.4 is 5.32 Å². The molecule has 6 heteroatoms. The average Bonchev–Trinajstić information content (AvgIpc) is 2.41. The Labute approximate surface area is 113 Å². The lowest BCUT2D eigenvalue weighted by Crippen LogP contribution is -1.96. The number of rotatable bonds is 2. The van der Waals surface area contributed by atoms with E-state index in [9.17, 15) is 4.39 Å². The van der Waals surface area contributed by atoms with E-state index in [1.165, 1.54) is 12.1 Å². The fourth-order valence-electron chi connectivity index (χ4n) is 1.76. The number of halogens is 2. The summed E-state index contributed by atoms with van der Waals surface area (Å²) in [5.74, 6) is 0.336. The van der Waals surface area contributed by atoms with Gasteiger partial charge in [0.1, 0.15) is 11.6 Å². The number of nitrogens with zero attached hydrogens (tertiary/aromatic N) is 3. The van der Waals surface area contributed by atoms with Gasteiger partial charge in [-0.25, -0.2) is 19.3 Å². The molecule has 3 rings (SSSR count). The van der Waals surface area contributed by atoms with Gasteiger partial charge in [-0.05, 0) is 41.3 Å². The molecule has 0 amide bonds. The Kier molecular flexibility index (Phi) is 2.97. The summed E-state index contributed by atoms with van der Waals surface area (Å²) in [6.07, 6.45) is 4.72. The molecule has 1 N–H and O–H groups in total. The molecule has 2 heterocycles. The lowest BCUT2D eigenvalue weighted by Gasteiger charge is -2.08. The van der Waals surface area contributed by atoms with E-state index in [4.69, 9.17) is 11.6 Å². The number of pyridine rings is 1. The largest absolute Gasteiger partial charge is 0.337 e. The number of nitrogens with one attached hydrogen (secondary N) is 1. The highest BCUT2D eigenvalue weighted by atomic mass is 35.5. The van der Waals surface area contributed by atoms with E-state index in [2.05, 4.69) is 20.3 Å². The smallest absolute Gasteiger partial charge is 0.222 e. The summed E-state index contributed by atoms with van der Waals surface area (Å²) in [7, 11) is 0. The second kappa shape index (κ2) is 4.78. The predicted molar refractivity (Wildman–Crippen MR) is 72.0 cm³/mol. The van der Waals surface area contributed by atoms with Crippen LogP contribution >= 0.6 is 11.6 Å². The summed E-state index contributed by atoms with van der Waals surface area (Å²) in [5, 5.41) is 4.84. The van der Waals surface area contributed by atoms with Gasteiger partial charge in [0.25, 0.3) is 0 Å². The number of aromatic nitrogens is 3. The molecule has 0 radical (unpaired) electrons. The number of hydrogen-bond donors (Lipinski definition) is 1. The molecule has 19 heavy (non-hydrogen) atoms. The summed E-state index contributed by atoms with van der Waals surface area (Å²) in [5.41, 5.74) is 0.661. The van der Waals surface area contributed by atoms with Crippen molar-refractivity contribution in [3.63, 3.8) is 0 Å². The molecule has 3 aromatic rings. The van der Waals surface area contributed by atoms with Crippen molar-refractivity contribution in [3.8, 4) is 0 Å². The molecule has 1 aromatic carbocycles. The monoisotopic (exact) mass is 274 g/mol. The van der Waals surface area contributed by atoms with Gasteiger partial charge in [-0.2, -0.15) is 0 Å². The van der Waals surface area contributed by atoms with Gasteiger partial charge in [-0.1, -0.05) is 0 Å². The summed E-state index contributed by atoms with van der Waals surface area (Å²) in [6.45, 7) is 0. The normalized spacial score (nSPS) is 10.6. The molecule has 0 bridgehead atoms. The van der Waals surface area contributed by atoms with Gasteiger partial charge in [0.15, 0.2) is 0 Å². The van der Waals surface area contributed by atoms with Gasteiger partial charge in [-0.3, -0.25) is 0 Å². The molecular formula is C13H8ClFN4. The Morgan fingerprint density at radius 3 is 2.63 bits per heavy atom. The van der Waals surface area contributed by atoms with Crippen LogP contribution in [0.3, 0.4) is 0 Å². The second-order valence-electron chi connectivity index (χ2n) is 3.89. The molecule has 0 saturated heterocycles.